The Bertz CT molecular complexity index is 486. The van der Waals surface area contributed by atoms with Gasteiger partial charge in [0.05, 0.1) is 18.4 Å². The van der Waals surface area contributed by atoms with Crippen LogP contribution in [0.2, 0.25) is 0 Å². The molecule has 0 aliphatic rings. The van der Waals surface area contributed by atoms with Crippen molar-refractivity contribution in [2.45, 2.75) is 12.8 Å². The lowest BCUT2D eigenvalue weighted by molar-refractivity contribution is 0.312. The summed E-state index contributed by atoms with van der Waals surface area (Å²) in [5.74, 6) is 0.778. The molecule has 0 amide bonds. The molecule has 0 saturated heterocycles. The van der Waals surface area contributed by atoms with Gasteiger partial charge in [0, 0.05) is 6.42 Å². The Balaban J connectivity index is 1.92. The molecule has 17 heavy (non-hydrogen) atoms. The first-order valence-corrected chi connectivity index (χ1v) is 5.23. The fraction of sp³-hybridized carbons (Fsp3) is 0.273. The maximum absolute atomic E-state index is 8.38. The Hall–Kier alpha value is -2.42. The van der Waals surface area contributed by atoms with Gasteiger partial charge in [0.25, 0.3) is 0 Å². The number of nitrogens with zero attached hydrogens (tertiary/aromatic N) is 5. The van der Waals surface area contributed by atoms with E-state index >= 15 is 0 Å². The third-order valence-electron chi connectivity index (χ3n) is 2.15. The Kier molecular flexibility index (Phi) is 3.65. The van der Waals surface area contributed by atoms with Gasteiger partial charge in [0.2, 0.25) is 0 Å². The molecule has 6 heteroatoms. The van der Waals surface area contributed by atoms with Crippen LogP contribution in [0.4, 0.5) is 0 Å². The largest absolute Gasteiger partial charge is 0.494 e. The van der Waals surface area contributed by atoms with Gasteiger partial charge in [0.15, 0.2) is 0 Å². The lowest BCUT2D eigenvalue weighted by Gasteiger charge is -2.05. The molecular formula is C11H11N5O. The highest BCUT2D eigenvalue weighted by Crippen LogP contribution is 2.14. The minimum absolute atomic E-state index is 0.517. The average Bonchev–Trinajstić information content (AvgIpc) is 2.89. The van der Waals surface area contributed by atoms with E-state index < -0.39 is 0 Å². The SMILES string of the molecule is N#CCCCOc1ccc(-n2cnnn2)cc1. The molecule has 0 aliphatic carbocycles. The molecule has 0 aliphatic heterocycles. The first kappa shape index (κ1) is 11.1. The van der Waals surface area contributed by atoms with Gasteiger partial charge >= 0.3 is 0 Å². The summed E-state index contributed by atoms with van der Waals surface area (Å²) >= 11 is 0. The minimum atomic E-state index is 0.517. The van der Waals surface area contributed by atoms with E-state index in [-0.39, 0.29) is 0 Å². The Morgan fingerprint density at radius 2 is 2.12 bits per heavy atom. The van der Waals surface area contributed by atoms with Crippen LogP contribution in [0.3, 0.4) is 0 Å². The number of hydrogen-bond acceptors (Lipinski definition) is 5. The molecule has 0 radical (unpaired) electrons. The average molecular weight is 229 g/mol. The summed E-state index contributed by atoms with van der Waals surface area (Å²) in [6.45, 7) is 0.553. The van der Waals surface area contributed by atoms with E-state index in [1.807, 2.05) is 24.3 Å². The van der Waals surface area contributed by atoms with Gasteiger partial charge in [-0.2, -0.15) is 5.26 Å². The molecule has 1 aromatic carbocycles. The predicted molar refractivity (Wildman–Crippen MR) is 59.5 cm³/mol. The van der Waals surface area contributed by atoms with E-state index in [1.54, 1.807) is 4.68 Å². The van der Waals surface area contributed by atoms with Gasteiger partial charge in [0.1, 0.15) is 12.1 Å². The van der Waals surface area contributed by atoms with E-state index in [4.69, 9.17) is 10.00 Å². The Morgan fingerprint density at radius 1 is 1.29 bits per heavy atom. The van der Waals surface area contributed by atoms with Crippen LogP contribution < -0.4 is 4.74 Å². The smallest absolute Gasteiger partial charge is 0.143 e. The monoisotopic (exact) mass is 229 g/mol. The Labute approximate surface area is 98.4 Å². The van der Waals surface area contributed by atoms with Crippen molar-refractivity contribution in [1.82, 2.24) is 20.2 Å². The fourth-order valence-corrected chi connectivity index (χ4v) is 1.32. The van der Waals surface area contributed by atoms with Crippen molar-refractivity contribution in [2.75, 3.05) is 6.61 Å². The van der Waals surface area contributed by atoms with Crippen LogP contribution >= 0.6 is 0 Å². The molecule has 1 aromatic heterocycles. The second-order valence-electron chi connectivity index (χ2n) is 3.36. The molecule has 0 N–H and O–H groups in total. The summed E-state index contributed by atoms with van der Waals surface area (Å²) in [5.41, 5.74) is 0.874. The maximum atomic E-state index is 8.38. The quantitative estimate of drug-likeness (QED) is 0.723. The topological polar surface area (TPSA) is 76.6 Å². The lowest BCUT2D eigenvalue weighted by Crippen LogP contribution is -1.98. The number of aromatic nitrogens is 4. The fourth-order valence-electron chi connectivity index (χ4n) is 1.32. The molecule has 2 rings (SSSR count). The zero-order chi connectivity index (χ0) is 11.9. The van der Waals surface area contributed by atoms with Gasteiger partial charge in [-0.25, -0.2) is 4.68 Å². The van der Waals surface area contributed by atoms with E-state index in [0.717, 1.165) is 17.9 Å². The van der Waals surface area contributed by atoms with Gasteiger partial charge in [-0.1, -0.05) is 0 Å². The first-order chi connectivity index (χ1) is 8.40. The van der Waals surface area contributed by atoms with Crippen LogP contribution in [-0.2, 0) is 0 Å². The van der Waals surface area contributed by atoms with E-state index in [1.165, 1.54) is 6.33 Å². The van der Waals surface area contributed by atoms with Gasteiger partial charge in [-0.15, -0.1) is 5.10 Å². The highest BCUT2D eigenvalue weighted by molar-refractivity contribution is 5.36. The molecule has 0 spiro atoms. The second-order valence-corrected chi connectivity index (χ2v) is 3.36. The lowest BCUT2D eigenvalue weighted by atomic mass is 10.3. The third kappa shape index (κ3) is 3.01. The number of tetrazole rings is 1. The van der Waals surface area contributed by atoms with Gasteiger partial charge in [-0.05, 0) is 41.1 Å². The highest BCUT2D eigenvalue weighted by Gasteiger charge is 1.98. The molecular weight excluding hydrogens is 218 g/mol. The number of nitriles is 1. The molecule has 0 saturated carbocycles. The Morgan fingerprint density at radius 3 is 2.76 bits per heavy atom. The molecule has 0 atom stereocenters. The van der Waals surface area contributed by atoms with Crippen LogP contribution in [0.5, 0.6) is 5.75 Å². The predicted octanol–water partition coefficient (Wildman–Crippen LogP) is 1.34. The first-order valence-electron chi connectivity index (χ1n) is 5.23. The molecule has 6 nitrogen and oxygen atoms in total. The van der Waals surface area contributed by atoms with Crippen LogP contribution in [0, 0.1) is 11.3 Å². The molecule has 1 heterocycles. The standard InChI is InChI=1S/C11H11N5O/c12-7-1-2-8-17-11-5-3-10(4-6-11)16-9-13-14-15-16/h3-6,9H,1-2,8H2. The number of hydrogen-bond donors (Lipinski definition) is 0. The highest BCUT2D eigenvalue weighted by atomic mass is 16.5. The van der Waals surface area contributed by atoms with Gasteiger partial charge < -0.3 is 4.74 Å². The summed E-state index contributed by atoms with van der Waals surface area (Å²) in [7, 11) is 0. The van der Waals surface area contributed by atoms with Crippen LogP contribution in [0.15, 0.2) is 30.6 Å². The summed E-state index contributed by atoms with van der Waals surface area (Å²) in [6, 6.07) is 9.52. The van der Waals surface area contributed by atoms with Crippen LogP contribution in [0.25, 0.3) is 5.69 Å². The van der Waals surface area contributed by atoms with Crippen molar-refractivity contribution in [2.24, 2.45) is 0 Å². The van der Waals surface area contributed by atoms with Crippen molar-refractivity contribution in [1.29, 1.82) is 5.26 Å². The van der Waals surface area contributed by atoms with E-state index in [0.29, 0.717) is 13.0 Å². The molecule has 86 valence electrons. The second kappa shape index (κ2) is 5.61. The summed E-state index contributed by atoms with van der Waals surface area (Å²) in [4.78, 5) is 0. The minimum Gasteiger partial charge on any atom is -0.494 e. The molecule has 0 bridgehead atoms. The number of rotatable bonds is 5. The number of benzene rings is 1. The third-order valence-corrected chi connectivity index (χ3v) is 2.15. The summed E-state index contributed by atoms with van der Waals surface area (Å²) < 4.78 is 7.04. The van der Waals surface area contributed by atoms with Crippen molar-refractivity contribution >= 4 is 0 Å². The molecule has 0 unspecified atom stereocenters. The molecule has 2 aromatic rings. The van der Waals surface area contributed by atoms with E-state index in [9.17, 15) is 0 Å². The summed E-state index contributed by atoms with van der Waals surface area (Å²) in [6.07, 6.45) is 2.79. The summed E-state index contributed by atoms with van der Waals surface area (Å²) in [5, 5.41) is 19.3. The van der Waals surface area contributed by atoms with E-state index in [2.05, 4.69) is 21.6 Å². The normalized spacial score (nSPS) is 9.82. The van der Waals surface area contributed by atoms with Crippen LogP contribution in [0.1, 0.15) is 12.8 Å². The van der Waals surface area contributed by atoms with Gasteiger partial charge in [-0.3, -0.25) is 0 Å². The number of unbranched alkanes of at least 4 members (excludes halogenated alkanes) is 1. The number of ether oxygens (including phenoxy) is 1. The van der Waals surface area contributed by atoms with Crippen molar-refractivity contribution in [3.63, 3.8) is 0 Å². The molecule has 0 fully saturated rings. The van der Waals surface area contributed by atoms with Crippen molar-refractivity contribution in [3.05, 3.63) is 30.6 Å². The maximum Gasteiger partial charge on any atom is 0.143 e. The zero-order valence-electron chi connectivity index (χ0n) is 9.15. The van der Waals surface area contributed by atoms with Crippen LogP contribution in [-0.4, -0.2) is 26.8 Å². The zero-order valence-corrected chi connectivity index (χ0v) is 9.15. The van der Waals surface area contributed by atoms with Crippen molar-refractivity contribution < 1.29 is 4.74 Å². The van der Waals surface area contributed by atoms with Crippen molar-refractivity contribution in [3.8, 4) is 17.5 Å².